The van der Waals surface area contributed by atoms with Gasteiger partial charge in [0, 0.05) is 24.8 Å². The number of hydrogen-bond donors (Lipinski definition) is 2. The first kappa shape index (κ1) is 15.6. The molecule has 1 saturated heterocycles. The minimum Gasteiger partial charge on any atom is -0.492 e. The minimum absolute atomic E-state index is 0.0938. The Labute approximate surface area is 125 Å². The lowest BCUT2D eigenvalue weighted by molar-refractivity contribution is 0.0538. The molecule has 0 saturated carbocycles. The van der Waals surface area contributed by atoms with Crippen molar-refractivity contribution in [2.24, 2.45) is 5.92 Å². The summed E-state index contributed by atoms with van der Waals surface area (Å²) < 4.78 is 10.7. The van der Waals surface area contributed by atoms with Crippen molar-refractivity contribution in [3.05, 3.63) is 23.8 Å². The number of carbonyl (C=O) groups excluding carboxylic acids is 1. The zero-order valence-corrected chi connectivity index (χ0v) is 12.7. The summed E-state index contributed by atoms with van der Waals surface area (Å²) >= 11 is 0. The van der Waals surface area contributed by atoms with Crippen LogP contribution in [0.25, 0.3) is 0 Å². The number of nitrogen functional groups attached to an aromatic ring is 1. The van der Waals surface area contributed by atoms with Gasteiger partial charge in [-0.3, -0.25) is 4.79 Å². The Balaban J connectivity index is 1.97. The van der Waals surface area contributed by atoms with Crippen LogP contribution >= 0.6 is 0 Å². The van der Waals surface area contributed by atoms with Gasteiger partial charge in [-0.25, -0.2) is 0 Å². The average Bonchev–Trinajstić information content (AvgIpc) is 2.50. The van der Waals surface area contributed by atoms with E-state index in [2.05, 4.69) is 5.32 Å². The summed E-state index contributed by atoms with van der Waals surface area (Å²) in [5.74, 6) is 0.998. The normalized spacial score (nSPS) is 17.2. The summed E-state index contributed by atoms with van der Waals surface area (Å²) in [5.41, 5.74) is 6.95. The van der Waals surface area contributed by atoms with Crippen molar-refractivity contribution in [2.45, 2.75) is 32.7 Å². The standard InChI is InChI=1S/C16H24N2O3/c1-3-21-15-5-4-13(10-14(15)17)16(19)18-11(2)12-6-8-20-9-7-12/h4-5,10-12H,3,6-9,17H2,1-2H3,(H,18,19). The van der Waals surface area contributed by atoms with Gasteiger partial charge in [-0.1, -0.05) is 0 Å². The molecule has 0 aromatic heterocycles. The predicted octanol–water partition coefficient (Wildman–Crippen LogP) is 2.21. The molecule has 116 valence electrons. The Morgan fingerprint density at radius 1 is 1.48 bits per heavy atom. The number of nitrogens with one attached hydrogen (secondary N) is 1. The van der Waals surface area contributed by atoms with Crippen LogP contribution in [0, 0.1) is 5.92 Å². The number of carbonyl (C=O) groups is 1. The molecule has 0 bridgehead atoms. The molecular formula is C16H24N2O3. The fraction of sp³-hybridized carbons (Fsp3) is 0.562. The van der Waals surface area contributed by atoms with E-state index >= 15 is 0 Å². The molecular weight excluding hydrogens is 268 g/mol. The molecule has 1 heterocycles. The molecule has 0 radical (unpaired) electrons. The second-order valence-corrected chi connectivity index (χ2v) is 5.40. The second-order valence-electron chi connectivity index (χ2n) is 5.40. The lowest BCUT2D eigenvalue weighted by Crippen LogP contribution is -2.40. The van der Waals surface area contributed by atoms with Crippen LogP contribution in [-0.2, 0) is 4.74 Å². The smallest absolute Gasteiger partial charge is 0.251 e. The highest BCUT2D eigenvalue weighted by molar-refractivity contribution is 5.95. The van der Waals surface area contributed by atoms with E-state index in [4.69, 9.17) is 15.2 Å². The van der Waals surface area contributed by atoms with Crippen molar-refractivity contribution in [3.63, 3.8) is 0 Å². The largest absolute Gasteiger partial charge is 0.492 e. The first-order valence-corrected chi connectivity index (χ1v) is 7.52. The molecule has 2 rings (SSSR count). The van der Waals surface area contributed by atoms with E-state index < -0.39 is 0 Å². The molecule has 0 aliphatic carbocycles. The summed E-state index contributed by atoms with van der Waals surface area (Å²) in [4.78, 5) is 12.3. The van der Waals surface area contributed by atoms with Crippen LogP contribution in [0.3, 0.4) is 0 Å². The van der Waals surface area contributed by atoms with E-state index in [0.29, 0.717) is 29.5 Å². The Hall–Kier alpha value is -1.75. The van der Waals surface area contributed by atoms with Crippen LogP contribution in [0.5, 0.6) is 5.75 Å². The minimum atomic E-state index is -0.0938. The Morgan fingerprint density at radius 3 is 2.81 bits per heavy atom. The first-order valence-electron chi connectivity index (χ1n) is 7.52. The second kappa shape index (κ2) is 7.31. The molecule has 1 aromatic rings. The highest BCUT2D eigenvalue weighted by atomic mass is 16.5. The number of hydrogen-bond acceptors (Lipinski definition) is 4. The highest BCUT2D eigenvalue weighted by Crippen LogP contribution is 2.23. The number of rotatable bonds is 5. The van der Waals surface area contributed by atoms with Crippen molar-refractivity contribution < 1.29 is 14.3 Å². The highest BCUT2D eigenvalue weighted by Gasteiger charge is 2.22. The van der Waals surface area contributed by atoms with Gasteiger partial charge >= 0.3 is 0 Å². The SMILES string of the molecule is CCOc1ccc(C(=O)NC(C)C2CCOCC2)cc1N. The van der Waals surface area contributed by atoms with Gasteiger partial charge in [0.1, 0.15) is 5.75 Å². The molecule has 3 N–H and O–H groups in total. The van der Waals surface area contributed by atoms with Crippen LogP contribution in [0.15, 0.2) is 18.2 Å². The van der Waals surface area contributed by atoms with E-state index in [1.54, 1.807) is 18.2 Å². The molecule has 21 heavy (non-hydrogen) atoms. The van der Waals surface area contributed by atoms with Gasteiger partial charge in [-0.2, -0.15) is 0 Å². The monoisotopic (exact) mass is 292 g/mol. The quantitative estimate of drug-likeness (QED) is 0.816. The van der Waals surface area contributed by atoms with E-state index in [1.807, 2.05) is 13.8 Å². The summed E-state index contributed by atoms with van der Waals surface area (Å²) in [6.45, 7) is 6.06. The third-order valence-electron chi connectivity index (χ3n) is 3.90. The number of nitrogens with two attached hydrogens (primary N) is 1. The summed E-state index contributed by atoms with van der Waals surface area (Å²) in [5, 5.41) is 3.05. The van der Waals surface area contributed by atoms with Gasteiger partial charge in [-0.05, 0) is 50.8 Å². The maximum Gasteiger partial charge on any atom is 0.251 e. The van der Waals surface area contributed by atoms with Gasteiger partial charge in [0.2, 0.25) is 0 Å². The Morgan fingerprint density at radius 2 is 2.19 bits per heavy atom. The molecule has 1 aliphatic rings. The Bertz CT molecular complexity index is 484. The average molecular weight is 292 g/mol. The van der Waals surface area contributed by atoms with Gasteiger partial charge < -0.3 is 20.5 Å². The van der Waals surface area contributed by atoms with Crippen molar-refractivity contribution in [3.8, 4) is 5.75 Å². The fourth-order valence-corrected chi connectivity index (χ4v) is 2.60. The van der Waals surface area contributed by atoms with Crippen LogP contribution < -0.4 is 15.8 Å². The van der Waals surface area contributed by atoms with E-state index in [-0.39, 0.29) is 11.9 Å². The number of ether oxygens (including phenoxy) is 2. The maximum atomic E-state index is 12.3. The van der Waals surface area contributed by atoms with Gasteiger partial charge in [-0.15, -0.1) is 0 Å². The van der Waals surface area contributed by atoms with Gasteiger partial charge in [0.05, 0.1) is 12.3 Å². The van der Waals surface area contributed by atoms with Gasteiger partial charge in [0.25, 0.3) is 5.91 Å². The lowest BCUT2D eigenvalue weighted by Gasteiger charge is -2.28. The lowest BCUT2D eigenvalue weighted by atomic mass is 9.93. The zero-order valence-electron chi connectivity index (χ0n) is 12.7. The van der Waals surface area contributed by atoms with Gasteiger partial charge in [0.15, 0.2) is 0 Å². The van der Waals surface area contributed by atoms with E-state index in [9.17, 15) is 4.79 Å². The number of anilines is 1. The third-order valence-corrected chi connectivity index (χ3v) is 3.90. The summed E-state index contributed by atoms with van der Waals surface area (Å²) in [6.07, 6.45) is 1.99. The molecule has 1 atom stereocenters. The van der Waals surface area contributed by atoms with Crippen molar-refractivity contribution in [1.82, 2.24) is 5.32 Å². The molecule has 1 unspecified atom stereocenters. The van der Waals surface area contributed by atoms with Crippen LogP contribution in [0.1, 0.15) is 37.0 Å². The molecule has 1 fully saturated rings. The third kappa shape index (κ3) is 4.11. The van der Waals surface area contributed by atoms with Crippen LogP contribution in [0.4, 0.5) is 5.69 Å². The number of amides is 1. The summed E-state index contributed by atoms with van der Waals surface area (Å²) in [7, 11) is 0. The molecule has 5 nitrogen and oxygen atoms in total. The first-order chi connectivity index (χ1) is 10.1. The molecule has 1 aliphatic heterocycles. The maximum absolute atomic E-state index is 12.3. The van der Waals surface area contributed by atoms with Crippen molar-refractivity contribution in [1.29, 1.82) is 0 Å². The van der Waals surface area contributed by atoms with Crippen LogP contribution in [0.2, 0.25) is 0 Å². The van der Waals surface area contributed by atoms with Crippen molar-refractivity contribution in [2.75, 3.05) is 25.6 Å². The molecule has 1 amide bonds. The molecule has 5 heteroatoms. The van der Waals surface area contributed by atoms with Crippen LogP contribution in [-0.4, -0.2) is 31.8 Å². The van der Waals surface area contributed by atoms with E-state index in [0.717, 1.165) is 26.1 Å². The number of benzene rings is 1. The topological polar surface area (TPSA) is 73.6 Å². The zero-order chi connectivity index (χ0) is 15.2. The summed E-state index contributed by atoms with van der Waals surface area (Å²) in [6, 6.07) is 5.28. The predicted molar refractivity (Wildman–Crippen MR) is 82.5 cm³/mol. The van der Waals surface area contributed by atoms with Crippen molar-refractivity contribution >= 4 is 11.6 Å². The Kier molecular flexibility index (Phi) is 5.44. The fourth-order valence-electron chi connectivity index (χ4n) is 2.60. The van der Waals surface area contributed by atoms with E-state index in [1.165, 1.54) is 0 Å². The molecule has 1 aromatic carbocycles. The molecule has 0 spiro atoms.